The van der Waals surface area contributed by atoms with Crippen LogP contribution in [0.2, 0.25) is 5.02 Å². The quantitative estimate of drug-likeness (QED) is 0.332. The summed E-state index contributed by atoms with van der Waals surface area (Å²) in [7, 11) is 0. The second-order valence-electron chi connectivity index (χ2n) is 9.30. The highest BCUT2D eigenvalue weighted by atomic mass is 35.5. The molecule has 0 saturated heterocycles. The maximum absolute atomic E-state index is 13.8. The second-order valence-corrected chi connectivity index (χ2v) is 9.74. The average molecular weight is 535 g/mol. The Morgan fingerprint density at radius 1 is 1.03 bits per heavy atom. The summed E-state index contributed by atoms with van der Waals surface area (Å²) in [6, 6.07) is 21.5. The third-order valence-corrected chi connectivity index (χ3v) is 6.98. The van der Waals surface area contributed by atoms with E-state index in [0.717, 1.165) is 16.9 Å². The number of hydrogen-bond acceptors (Lipinski definition) is 4. The largest absolute Gasteiger partial charge is 0.494 e. The van der Waals surface area contributed by atoms with E-state index in [4.69, 9.17) is 21.4 Å². The highest BCUT2D eigenvalue weighted by molar-refractivity contribution is 6.30. The molecule has 1 aliphatic rings. The fraction of sp³-hybridized carbons (Fsp3) is 0.300. The number of amides is 2. The van der Waals surface area contributed by atoms with Crippen LogP contribution >= 0.6 is 11.6 Å². The predicted molar refractivity (Wildman–Crippen MR) is 148 cm³/mol. The number of hydrogen-bond donors (Lipinski definition) is 1. The molecule has 3 aromatic rings. The van der Waals surface area contributed by atoms with Gasteiger partial charge in [0, 0.05) is 41.0 Å². The second kappa shape index (κ2) is 12.1. The molecule has 2 amide bonds. The van der Waals surface area contributed by atoms with Crippen LogP contribution in [0.25, 0.3) is 0 Å². The molecule has 4 rings (SSSR count). The number of ether oxygens (including phenoxy) is 1. The number of likely N-dealkylation sites (N-methyl/N-ethyl adjacent to an activating group) is 1. The van der Waals surface area contributed by atoms with E-state index in [1.807, 2.05) is 50.2 Å². The van der Waals surface area contributed by atoms with Gasteiger partial charge < -0.3 is 19.6 Å². The monoisotopic (exact) mass is 534 g/mol. The van der Waals surface area contributed by atoms with Crippen LogP contribution in [0.3, 0.4) is 0 Å². The normalized spacial score (nSPS) is 16.4. The fourth-order valence-electron chi connectivity index (χ4n) is 4.88. The van der Waals surface area contributed by atoms with Gasteiger partial charge in [-0.1, -0.05) is 29.8 Å². The van der Waals surface area contributed by atoms with E-state index in [9.17, 15) is 14.4 Å². The number of halogens is 1. The van der Waals surface area contributed by atoms with E-state index < -0.39 is 5.97 Å². The first kappa shape index (κ1) is 27.2. The molecule has 8 heteroatoms. The molecule has 1 heterocycles. The SMILES string of the molecule is CCN(C(=O)[C@@H]1C[C@H](C)N(C(=O)c2ccc(OCCCC(=O)O)cc2)c2ccccc21)c1ccc(Cl)cc1. The number of carboxylic acid groups (broad SMARTS) is 1. The lowest BCUT2D eigenvalue weighted by Gasteiger charge is -2.40. The smallest absolute Gasteiger partial charge is 0.303 e. The average Bonchev–Trinajstić information content (AvgIpc) is 2.92. The first-order chi connectivity index (χ1) is 18.3. The number of benzene rings is 3. The number of rotatable bonds is 9. The van der Waals surface area contributed by atoms with Gasteiger partial charge in [0.25, 0.3) is 5.91 Å². The van der Waals surface area contributed by atoms with Crippen LogP contribution in [0.1, 0.15) is 54.9 Å². The molecule has 3 aromatic carbocycles. The van der Waals surface area contributed by atoms with Crippen LogP contribution in [0.5, 0.6) is 5.75 Å². The van der Waals surface area contributed by atoms with Gasteiger partial charge in [0.2, 0.25) is 5.91 Å². The zero-order valence-electron chi connectivity index (χ0n) is 21.5. The maximum atomic E-state index is 13.8. The highest BCUT2D eigenvalue weighted by Gasteiger charge is 2.38. The Kier molecular flexibility index (Phi) is 8.69. The summed E-state index contributed by atoms with van der Waals surface area (Å²) in [6.45, 7) is 4.71. The Morgan fingerprint density at radius 3 is 2.37 bits per heavy atom. The molecular weight excluding hydrogens is 504 g/mol. The van der Waals surface area contributed by atoms with Crippen molar-refractivity contribution in [3.05, 3.63) is 88.9 Å². The topological polar surface area (TPSA) is 87.2 Å². The molecule has 0 fully saturated rings. The van der Waals surface area contributed by atoms with Gasteiger partial charge in [0.15, 0.2) is 0 Å². The zero-order valence-corrected chi connectivity index (χ0v) is 22.2. The highest BCUT2D eigenvalue weighted by Crippen LogP contribution is 2.41. The standard InChI is InChI=1S/C30H31ClN2O5/c1-3-32(23-14-12-22(31)13-15-23)30(37)26-19-20(2)33(27-8-5-4-7-25(26)27)29(36)21-10-16-24(17-11-21)38-18-6-9-28(34)35/h4-5,7-8,10-17,20,26H,3,6,9,18-19H2,1-2H3,(H,34,35)/t20-,26+/m0/s1. The van der Waals surface area contributed by atoms with Crippen LogP contribution in [0, 0.1) is 0 Å². The summed E-state index contributed by atoms with van der Waals surface area (Å²) in [6.07, 6.45) is 0.948. The molecule has 7 nitrogen and oxygen atoms in total. The minimum atomic E-state index is -0.859. The van der Waals surface area contributed by atoms with Crippen molar-refractivity contribution in [2.75, 3.05) is 23.0 Å². The molecule has 1 aliphatic heterocycles. The summed E-state index contributed by atoms with van der Waals surface area (Å²) in [5.41, 5.74) is 2.85. The number of anilines is 2. The van der Waals surface area contributed by atoms with Gasteiger partial charge in [0.05, 0.1) is 12.5 Å². The lowest BCUT2D eigenvalue weighted by molar-refractivity contribution is -0.137. The molecule has 0 spiro atoms. The van der Waals surface area contributed by atoms with Crippen molar-refractivity contribution in [3.8, 4) is 5.75 Å². The van der Waals surface area contributed by atoms with Crippen LogP contribution in [-0.2, 0) is 9.59 Å². The minimum Gasteiger partial charge on any atom is -0.494 e. The third-order valence-electron chi connectivity index (χ3n) is 6.73. The molecular formula is C30H31ClN2O5. The predicted octanol–water partition coefficient (Wildman–Crippen LogP) is 6.16. The number of carboxylic acids is 1. The van der Waals surface area contributed by atoms with E-state index in [-0.39, 0.29) is 36.8 Å². The van der Waals surface area contributed by atoms with Crippen LogP contribution in [-0.4, -0.2) is 42.1 Å². The first-order valence-electron chi connectivity index (χ1n) is 12.7. The van der Waals surface area contributed by atoms with Crippen molar-refractivity contribution in [2.45, 2.75) is 45.1 Å². The van der Waals surface area contributed by atoms with E-state index in [2.05, 4.69) is 0 Å². The van der Waals surface area contributed by atoms with E-state index in [0.29, 0.717) is 35.7 Å². The zero-order chi connectivity index (χ0) is 27.2. The first-order valence-corrected chi connectivity index (χ1v) is 13.1. The number of fused-ring (bicyclic) bond motifs is 1. The van der Waals surface area contributed by atoms with Crippen molar-refractivity contribution >= 4 is 40.8 Å². The van der Waals surface area contributed by atoms with Gasteiger partial charge in [-0.25, -0.2) is 0 Å². The summed E-state index contributed by atoms with van der Waals surface area (Å²) in [4.78, 5) is 41.6. The molecule has 0 aromatic heterocycles. The number of nitrogens with zero attached hydrogens (tertiary/aromatic N) is 2. The number of carbonyl (C=O) groups excluding carboxylic acids is 2. The van der Waals surface area contributed by atoms with Crippen molar-refractivity contribution in [1.29, 1.82) is 0 Å². The van der Waals surface area contributed by atoms with Crippen molar-refractivity contribution in [2.24, 2.45) is 0 Å². The molecule has 0 radical (unpaired) electrons. The molecule has 0 saturated carbocycles. The van der Waals surface area contributed by atoms with Crippen molar-refractivity contribution in [1.82, 2.24) is 0 Å². The molecule has 198 valence electrons. The summed E-state index contributed by atoms with van der Waals surface area (Å²) >= 11 is 6.05. The Balaban J connectivity index is 1.55. The number of para-hydroxylation sites is 1. The van der Waals surface area contributed by atoms with E-state index in [1.165, 1.54) is 0 Å². The van der Waals surface area contributed by atoms with Gasteiger partial charge in [-0.05, 0) is 86.8 Å². The lowest BCUT2D eigenvalue weighted by Crippen LogP contribution is -2.46. The van der Waals surface area contributed by atoms with E-state index in [1.54, 1.807) is 46.2 Å². The molecule has 0 aliphatic carbocycles. The Labute approximate surface area is 227 Å². The summed E-state index contributed by atoms with van der Waals surface area (Å²) in [5, 5.41) is 9.36. The van der Waals surface area contributed by atoms with Crippen molar-refractivity contribution in [3.63, 3.8) is 0 Å². The minimum absolute atomic E-state index is 0.00868. The fourth-order valence-corrected chi connectivity index (χ4v) is 5.00. The maximum Gasteiger partial charge on any atom is 0.303 e. The number of carbonyl (C=O) groups is 3. The molecule has 0 bridgehead atoms. The lowest BCUT2D eigenvalue weighted by atomic mass is 9.84. The third kappa shape index (κ3) is 6.00. The molecule has 1 N–H and O–H groups in total. The van der Waals surface area contributed by atoms with Crippen molar-refractivity contribution < 1.29 is 24.2 Å². The van der Waals surface area contributed by atoms with Gasteiger partial charge >= 0.3 is 5.97 Å². The van der Waals surface area contributed by atoms with Crippen LogP contribution in [0.4, 0.5) is 11.4 Å². The molecule has 2 atom stereocenters. The summed E-state index contributed by atoms with van der Waals surface area (Å²) < 4.78 is 5.59. The van der Waals surface area contributed by atoms with Crippen LogP contribution in [0.15, 0.2) is 72.8 Å². The van der Waals surface area contributed by atoms with Gasteiger partial charge in [0.1, 0.15) is 5.75 Å². The Bertz CT molecular complexity index is 1290. The van der Waals surface area contributed by atoms with E-state index >= 15 is 0 Å². The molecule has 38 heavy (non-hydrogen) atoms. The summed E-state index contributed by atoms with van der Waals surface area (Å²) in [5.74, 6) is -0.834. The van der Waals surface area contributed by atoms with Gasteiger partial charge in [-0.3, -0.25) is 14.4 Å². The Morgan fingerprint density at radius 2 is 1.71 bits per heavy atom. The van der Waals surface area contributed by atoms with Crippen LogP contribution < -0.4 is 14.5 Å². The van der Waals surface area contributed by atoms with Gasteiger partial charge in [-0.15, -0.1) is 0 Å². The number of aliphatic carboxylic acids is 1. The molecule has 0 unspecified atom stereocenters. The van der Waals surface area contributed by atoms with Gasteiger partial charge in [-0.2, -0.15) is 0 Å². The Hall–Kier alpha value is -3.84.